The van der Waals surface area contributed by atoms with E-state index in [1.807, 2.05) is 0 Å². The molecule has 0 heterocycles. The van der Waals surface area contributed by atoms with Gasteiger partial charge < -0.3 is 5.11 Å². The van der Waals surface area contributed by atoms with Gasteiger partial charge >= 0.3 is 0 Å². The smallest absolute Gasteiger partial charge is 0.0831 e. The molecule has 0 saturated heterocycles. The summed E-state index contributed by atoms with van der Waals surface area (Å²) in [4.78, 5) is 0. The van der Waals surface area contributed by atoms with Gasteiger partial charge in [-0.05, 0) is 38.5 Å². The number of rotatable bonds is 1. The molecule has 0 amide bonds. The summed E-state index contributed by atoms with van der Waals surface area (Å²) in [7, 11) is 0. The largest absolute Gasteiger partial charge is 0.393 e. The van der Waals surface area contributed by atoms with Crippen LogP contribution < -0.4 is 0 Å². The molecule has 0 unspecified atom stereocenters. The van der Waals surface area contributed by atoms with E-state index in [4.69, 9.17) is 5.26 Å². The molecule has 0 aromatic rings. The van der Waals surface area contributed by atoms with Crippen LogP contribution in [-0.4, -0.2) is 11.2 Å². The third-order valence-electron chi connectivity index (χ3n) is 3.29. The molecule has 0 radical (unpaired) electrons. The minimum absolute atomic E-state index is 0.234. The van der Waals surface area contributed by atoms with Crippen LogP contribution in [0.4, 0.5) is 0 Å². The average molecular weight is 177 g/mol. The van der Waals surface area contributed by atoms with E-state index in [1.54, 1.807) is 0 Å². The van der Waals surface area contributed by atoms with Gasteiger partial charge in [0.25, 0.3) is 0 Å². The van der Waals surface area contributed by atoms with E-state index in [0.717, 1.165) is 12.8 Å². The number of aliphatic hydroxyl groups is 1. The summed E-state index contributed by atoms with van der Waals surface area (Å²) in [5.41, 5.74) is 1.02. The Balaban J connectivity index is 2.14. The van der Waals surface area contributed by atoms with Crippen molar-refractivity contribution in [1.29, 1.82) is 5.26 Å². The van der Waals surface area contributed by atoms with Crippen LogP contribution in [0.2, 0.25) is 0 Å². The highest BCUT2D eigenvalue weighted by atomic mass is 16.3. The molecule has 2 heteroatoms. The Hall–Kier alpha value is -0.810. The van der Waals surface area contributed by atoms with Crippen LogP contribution in [0.5, 0.6) is 0 Å². The number of hydrogen-bond donors (Lipinski definition) is 1. The molecule has 2 aliphatic carbocycles. The van der Waals surface area contributed by atoms with Gasteiger partial charge in [-0.15, -0.1) is 0 Å². The first kappa shape index (κ1) is 8.77. The van der Waals surface area contributed by atoms with Gasteiger partial charge in [0.1, 0.15) is 0 Å². The molecule has 0 aromatic carbocycles. The molecule has 1 fully saturated rings. The third-order valence-corrected chi connectivity index (χ3v) is 3.29. The summed E-state index contributed by atoms with van der Waals surface area (Å²) < 4.78 is 0. The lowest BCUT2D eigenvalue weighted by Crippen LogP contribution is -2.41. The third kappa shape index (κ3) is 1.38. The van der Waals surface area contributed by atoms with Gasteiger partial charge in [0, 0.05) is 0 Å². The van der Waals surface area contributed by atoms with E-state index in [2.05, 4.69) is 12.1 Å². The molecule has 2 aliphatic rings. The minimum Gasteiger partial charge on any atom is -0.393 e. The van der Waals surface area contributed by atoms with Crippen molar-refractivity contribution in [2.24, 2.45) is 5.41 Å². The van der Waals surface area contributed by atoms with Crippen LogP contribution >= 0.6 is 0 Å². The normalized spacial score (nSPS) is 38.8. The fraction of sp³-hybridized carbons (Fsp3) is 0.727. The Morgan fingerprint density at radius 1 is 1.46 bits per heavy atom. The summed E-state index contributed by atoms with van der Waals surface area (Å²) in [6.45, 7) is 0. The van der Waals surface area contributed by atoms with Crippen LogP contribution in [0, 0.1) is 16.7 Å². The van der Waals surface area contributed by atoms with Crippen LogP contribution in [0.15, 0.2) is 11.6 Å². The SMILES string of the molecule is N#CC1(C2=CCCCC2)CC(O)C1. The second kappa shape index (κ2) is 3.16. The van der Waals surface area contributed by atoms with Crippen LogP contribution in [0.25, 0.3) is 0 Å². The highest BCUT2D eigenvalue weighted by molar-refractivity contribution is 5.29. The molecule has 70 valence electrons. The molecule has 1 saturated carbocycles. The molecule has 13 heavy (non-hydrogen) atoms. The molecule has 2 rings (SSSR count). The number of aliphatic hydroxyl groups excluding tert-OH is 1. The topological polar surface area (TPSA) is 44.0 Å². The van der Waals surface area contributed by atoms with Crippen molar-refractivity contribution in [3.63, 3.8) is 0 Å². The summed E-state index contributed by atoms with van der Waals surface area (Å²) in [5.74, 6) is 0. The van der Waals surface area contributed by atoms with Crippen LogP contribution in [0.1, 0.15) is 38.5 Å². The van der Waals surface area contributed by atoms with Gasteiger partial charge in [0.05, 0.1) is 17.6 Å². The summed E-state index contributed by atoms with van der Waals surface area (Å²) in [6, 6.07) is 2.39. The molecular formula is C11H15NO. The minimum atomic E-state index is -0.278. The van der Waals surface area contributed by atoms with Gasteiger partial charge in [-0.3, -0.25) is 0 Å². The highest BCUT2D eigenvalue weighted by Crippen LogP contribution is 2.49. The van der Waals surface area contributed by atoms with E-state index < -0.39 is 0 Å². The fourth-order valence-corrected chi connectivity index (χ4v) is 2.44. The van der Waals surface area contributed by atoms with E-state index in [-0.39, 0.29) is 11.5 Å². The molecule has 0 atom stereocenters. The molecule has 0 aromatic heterocycles. The quantitative estimate of drug-likeness (QED) is 0.624. The number of nitrogens with zero attached hydrogens (tertiary/aromatic N) is 1. The summed E-state index contributed by atoms with van der Waals surface area (Å²) in [6.07, 6.45) is 7.97. The maximum Gasteiger partial charge on any atom is 0.0831 e. The second-order valence-electron chi connectivity index (χ2n) is 4.23. The van der Waals surface area contributed by atoms with Gasteiger partial charge in [-0.1, -0.05) is 11.6 Å². The van der Waals surface area contributed by atoms with E-state index >= 15 is 0 Å². The molecule has 2 nitrogen and oxygen atoms in total. The first-order valence-electron chi connectivity index (χ1n) is 5.06. The molecule has 0 bridgehead atoms. The van der Waals surface area contributed by atoms with Crippen molar-refractivity contribution < 1.29 is 5.11 Å². The van der Waals surface area contributed by atoms with Crippen molar-refractivity contribution in [2.45, 2.75) is 44.6 Å². The lowest BCUT2D eigenvalue weighted by Gasteiger charge is -2.42. The Kier molecular flexibility index (Phi) is 2.13. The standard InChI is InChI=1S/C11H15NO/c12-8-11(6-10(13)7-11)9-4-2-1-3-5-9/h4,10,13H,1-3,5-7H2. The predicted octanol–water partition coefficient (Wildman–Crippen LogP) is 2.15. The maximum absolute atomic E-state index is 9.27. The molecule has 0 spiro atoms. The average Bonchev–Trinajstić information content (AvgIpc) is 2.14. The van der Waals surface area contributed by atoms with Gasteiger partial charge in [0.15, 0.2) is 0 Å². The van der Waals surface area contributed by atoms with Gasteiger partial charge in [-0.2, -0.15) is 5.26 Å². The Morgan fingerprint density at radius 3 is 2.69 bits per heavy atom. The zero-order valence-electron chi connectivity index (χ0n) is 7.79. The van der Waals surface area contributed by atoms with Crippen molar-refractivity contribution in [2.75, 3.05) is 0 Å². The van der Waals surface area contributed by atoms with Crippen molar-refractivity contribution in [3.8, 4) is 6.07 Å². The van der Waals surface area contributed by atoms with E-state index in [1.165, 1.54) is 18.4 Å². The Labute approximate surface area is 78.9 Å². The number of allylic oxidation sites excluding steroid dienone is 2. The van der Waals surface area contributed by atoms with Crippen LogP contribution in [-0.2, 0) is 0 Å². The maximum atomic E-state index is 9.27. The zero-order valence-corrected chi connectivity index (χ0v) is 7.79. The zero-order chi connectivity index (χ0) is 9.31. The lowest BCUT2D eigenvalue weighted by molar-refractivity contribution is 0.0208. The van der Waals surface area contributed by atoms with Crippen molar-refractivity contribution in [1.82, 2.24) is 0 Å². The number of hydrogen-bond acceptors (Lipinski definition) is 2. The van der Waals surface area contributed by atoms with Crippen LogP contribution in [0.3, 0.4) is 0 Å². The summed E-state index contributed by atoms with van der Waals surface area (Å²) >= 11 is 0. The molecule has 0 aliphatic heterocycles. The van der Waals surface area contributed by atoms with Crippen molar-refractivity contribution in [3.05, 3.63) is 11.6 Å². The first-order valence-corrected chi connectivity index (χ1v) is 5.06. The predicted molar refractivity (Wildman–Crippen MR) is 49.8 cm³/mol. The second-order valence-corrected chi connectivity index (χ2v) is 4.23. The highest BCUT2D eigenvalue weighted by Gasteiger charge is 2.46. The lowest BCUT2D eigenvalue weighted by atomic mass is 9.61. The Bertz CT molecular complexity index is 268. The monoisotopic (exact) mass is 177 g/mol. The van der Waals surface area contributed by atoms with Gasteiger partial charge in [0.2, 0.25) is 0 Å². The van der Waals surface area contributed by atoms with Gasteiger partial charge in [-0.25, -0.2) is 0 Å². The molecule has 1 N–H and O–H groups in total. The van der Waals surface area contributed by atoms with E-state index in [0.29, 0.717) is 12.8 Å². The fourth-order valence-electron chi connectivity index (χ4n) is 2.44. The first-order chi connectivity index (χ1) is 6.27. The van der Waals surface area contributed by atoms with Crippen molar-refractivity contribution >= 4 is 0 Å². The Morgan fingerprint density at radius 2 is 2.23 bits per heavy atom. The summed E-state index contributed by atoms with van der Waals surface area (Å²) in [5, 5.41) is 18.4. The number of nitriles is 1. The molecular weight excluding hydrogens is 162 g/mol. The van der Waals surface area contributed by atoms with E-state index in [9.17, 15) is 5.11 Å².